The van der Waals surface area contributed by atoms with Crippen molar-refractivity contribution in [3.63, 3.8) is 0 Å². The van der Waals surface area contributed by atoms with Gasteiger partial charge in [0.25, 0.3) is 0 Å². The van der Waals surface area contributed by atoms with Crippen LogP contribution in [0.1, 0.15) is 44.7 Å². The highest BCUT2D eigenvalue weighted by Crippen LogP contribution is 2.26. The quantitative estimate of drug-likeness (QED) is 0.685. The Morgan fingerprint density at radius 1 is 1.17 bits per heavy atom. The van der Waals surface area contributed by atoms with Gasteiger partial charge in [-0.1, -0.05) is 25.1 Å². The monoisotopic (exact) mass is 251 g/mol. The highest BCUT2D eigenvalue weighted by Gasteiger charge is 2.11. The molecule has 2 N–H and O–H groups in total. The first-order valence-corrected chi connectivity index (χ1v) is 6.84. The molecule has 0 radical (unpaired) electrons. The first kappa shape index (κ1) is 15.0. The molecule has 0 bridgehead atoms. The van der Waals surface area contributed by atoms with Gasteiger partial charge in [-0.15, -0.1) is 0 Å². The van der Waals surface area contributed by atoms with Gasteiger partial charge in [0.15, 0.2) is 0 Å². The zero-order valence-electron chi connectivity index (χ0n) is 11.5. The van der Waals surface area contributed by atoms with Crippen LogP contribution in [0.2, 0.25) is 0 Å². The lowest BCUT2D eigenvalue weighted by Gasteiger charge is -2.16. The van der Waals surface area contributed by atoms with Crippen LogP contribution < -0.4 is 10.5 Å². The van der Waals surface area contributed by atoms with Gasteiger partial charge in [-0.25, -0.2) is 0 Å². The van der Waals surface area contributed by atoms with Crippen LogP contribution in [0.5, 0.6) is 5.75 Å². The number of nitrogens with two attached hydrogens (primary N) is 1. The Labute approximate surface area is 110 Å². The minimum atomic E-state index is 0.0264. The molecule has 18 heavy (non-hydrogen) atoms. The second kappa shape index (κ2) is 8.95. The van der Waals surface area contributed by atoms with Crippen LogP contribution >= 0.6 is 0 Å². The summed E-state index contributed by atoms with van der Waals surface area (Å²) in [6.45, 7) is 6.40. The van der Waals surface area contributed by atoms with Crippen LogP contribution in [-0.2, 0) is 4.74 Å². The number of hydrogen-bond acceptors (Lipinski definition) is 3. The first-order chi connectivity index (χ1) is 8.79. The number of ether oxygens (including phenoxy) is 2. The molecule has 0 saturated carbocycles. The van der Waals surface area contributed by atoms with Gasteiger partial charge in [0, 0.05) is 24.8 Å². The normalized spacial score (nSPS) is 12.4. The summed E-state index contributed by atoms with van der Waals surface area (Å²) in [4.78, 5) is 0. The van der Waals surface area contributed by atoms with Gasteiger partial charge in [-0.2, -0.15) is 0 Å². The standard InChI is InChI=1S/C15H25NO2/c1-3-11-18-15-10-6-5-8-13(15)14(16)9-7-12-17-4-2/h5-6,8,10,14H,3-4,7,9,11-12,16H2,1-2H3. The lowest BCUT2D eigenvalue weighted by atomic mass is 10.0. The van der Waals surface area contributed by atoms with E-state index in [4.69, 9.17) is 15.2 Å². The molecular weight excluding hydrogens is 226 g/mol. The van der Waals surface area contributed by atoms with Gasteiger partial charge >= 0.3 is 0 Å². The van der Waals surface area contributed by atoms with E-state index in [1.54, 1.807) is 0 Å². The lowest BCUT2D eigenvalue weighted by molar-refractivity contribution is 0.142. The summed E-state index contributed by atoms with van der Waals surface area (Å²) >= 11 is 0. The van der Waals surface area contributed by atoms with Crippen molar-refractivity contribution in [2.24, 2.45) is 5.73 Å². The second-order valence-corrected chi connectivity index (χ2v) is 4.33. The predicted octanol–water partition coefficient (Wildman–Crippen LogP) is 3.29. The van der Waals surface area contributed by atoms with Crippen LogP contribution in [0.15, 0.2) is 24.3 Å². The zero-order valence-corrected chi connectivity index (χ0v) is 11.5. The van der Waals surface area contributed by atoms with Crippen molar-refractivity contribution in [3.8, 4) is 5.75 Å². The van der Waals surface area contributed by atoms with Gasteiger partial charge in [-0.3, -0.25) is 0 Å². The van der Waals surface area contributed by atoms with Gasteiger partial charge < -0.3 is 15.2 Å². The van der Waals surface area contributed by atoms with Gasteiger partial charge in [0.2, 0.25) is 0 Å². The second-order valence-electron chi connectivity index (χ2n) is 4.33. The average Bonchev–Trinajstić information content (AvgIpc) is 2.41. The molecular formula is C15H25NO2. The molecule has 0 aromatic heterocycles. The molecule has 102 valence electrons. The molecule has 0 aliphatic carbocycles. The van der Waals surface area contributed by atoms with Crippen molar-refractivity contribution in [1.29, 1.82) is 0 Å². The van der Waals surface area contributed by atoms with E-state index in [0.29, 0.717) is 0 Å². The third-order valence-corrected chi connectivity index (χ3v) is 2.79. The van der Waals surface area contributed by atoms with Crippen molar-refractivity contribution < 1.29 is 9.47 Å². The largest absolute Gasteiger partial charge is 0.493 e. The Kier molecular flexibility index (Phi) is 7.46. The number of benzene rings is 1. The summed E-state index contributed by atoms with van der Waals surface area (Å²) in [5.41, 5.74) is 7.31. The van der Waals surface area contributed by atoms with E-state index in [1.807, 2.05) is 25.1 Å². The van der Waals surface area contributed by atoms with Crippen LogP contribution in [0, 0.1) is 0 Å². The summed E-state index contributed by atoms with van der Waals surface area (Å²) in [6.07, 6.45) is 2.91. The Balaban J connectivity index is 2.52. The van der Waals surface area contributed by atoms with Crippen molar-refractivity contribution in [2.75, 3.05) is 19.8 Å². The number of para-hydroxylation sites is 1. The minimum absolute atomic E-state index is 0.0264. The summed E-state index contributed by atoms with van der Waals surface area (Å²) in [5, 5.41) is 0. The lowest BCUT2D eigenvalue weighted by Crippen LogP contribution is -2.13. The molecule has 3 heteroatoms. The number of hydrogen-bond donors (Lipinski definition) is 1. The Bertz CT molecular complexity index is 328. The molecule has 0 saturated heterocycles. The molecule has 1 aromatic carbocycles. The van der Waals surface area contributed by atoms with Crippen LogP contribution in [0.3, 0.4) is 0 Å². The van der Waals surface area contributed by atoms with Gasteiger partial charge in [0.05, 0.1) is 6.61 Å². The van der Waals surface area contributed by atoms with Gasteiger partial charge in [0.1, 0.15) is 5.75 Å². The Hall–Kier alpha value is -1.06. The Morgan fingerprint density at radius 2 is 1.94 bits per heavy atom. The summed E-state index contributed by atoms with van der Waals surface area (Å²) in [7, 11) is 0. The minimum Gasteiger partial charge on any atom is -0.493 e. The molecule has 0 aliphatic heterocycles. The number of rotatable bonds is 9. The van der Waals surface area contributed by atoms with Crippen molar-refractivity contribution in [2.45, 2.75) is 39.2 Å². The fourth-order valence-corrected chi connectivity index (χ4v) is 1.84. The third-order valence-electron chi connectivity index (χ3n) is 2.79. The maximum Gasteiger partial charge on any atom is 0.124 e. The third kappa shape index (κ3) is 5.07. The summed E-state index contributed by atoms with van der Waals surface area (Å²) < 4.78 is 11.1. The fraction of sp³-hybridized carbons (Fsp3) is 0.600. The van der Waals surface area contributed by atoms with Crippen LogP contribution in [0.25, 0.3) is 0 Å². The van der Waals surface area contributed by atoms with Crippen molar-refractivity contribution in [1.82, 2.24) is 0 Å². The SMILES string of the molecule is CCCOc1ccccc1C(N)CCCOCC. The zero-order chi connectivity index (χ0) is 13.2. The van der Waals surface area contributed by atoms with Gasteiger partial charge in [-0.05, 0) is 32.3 Å². The Morgan fingerprint density at radius 3 is 2.67 bits per heavy atom. The van der Waals surface area contributed by atoms with E-state index in [-0.39, 0.29) is 6.04 Å². The summed E-state index contributed by atoms with van der Waals surface area (Å²) in [6, 6.07) is 8.07. The molecule has 0 aliphatic rings. The van der Waals surface area contributed by atoms with E-state index >= 15 is 0 Å². The highest BCUT2D eigenvalue weighted by molar-refractivity contribution is 5.35. The van der Waals surface area contributed by atoms with E-state index in [2.05, 4.69) is 13.0 Å². The topological polar surface area (TPSA) is 44.5 Å². The molecule has 0 heterocycles. The fourth-order valence-electron chi connectivity index (χ4n) is 1.84. The van der Waals surface area contributed by atoms with E-state index in [9.17, 15) is 0 Å². The molecule has 1 unspecified atom stereocenters. The molecule has 1 aromatic rings. The molecule has 0 fully saturated rings. The van der Waals surface area contributed by atoms with Crippen LogP contribution in [-0.4, -0.2) is 19.8 Å². The molecule has 0 spiro atoms. The van der Waals surface area contributed by atoms with E-state index < -0.39 is 0 Å². The maximum atomic E-state index is 6.21. The average molecular weight is 251 g/mol. The molecule has 1 rings (SSSR count). The van der Waals surface area contributed by atoms with E-state index in [0.717, 1.165) is 50.4 Å². The highest BCUT2D eigenvalue weighted by atomic mass is 16.5. The summed E-state index contributed by atoms with van der Waals surface area (Å²) in [5.74, 6) is 0.920. The van der Waals surface area contributed by atoms with Crippen LogP contribution in [0.4, 0.5) is 0 Å². The predicted molar refractivity (Wildman–Crippen MR) is 74.9 cm³/mol. The van der Waals surface area contributed by atoms with Crippen molar-refractivity contribution in [3.05, 3.63) is 29.8 Å². The maximum absolute atomic E-state index is 6.21. The smallest absolute Gasteiger partial charge is 0.124 e. The first-order valence-electron chi connectivity index (χ1n) is 6.84. The molecule has 3 nitrogen and oxygen atoms in total. The molecule has 0 amide bonds. The van der Waals surface area contributed by atoms with E-state index in [1.165, 1.54) is 0 Å². The molecule has 1 atom stereocenters. The van der Waals surface area contributed by atoms with Crippen molar-refractivity contribution >= 4 is 0 Å².